The lowest BCUT2D eigenvalue weighted by molar-refractivity contribution is -0.149. The standard InChI is InChI=1S/C16H26N3O8PS/c1-8(2)27-13(22)9(3)18-28(25)26-7-10-12(21)16(4,24)14(29-10)19-6-5-11(20)17-15(19)23/h5-6,8-10,12,14,21,24,28H,7H2,1-4H3,(H,18,25)(H,17,20,23)/t9-,10+,12+,14+,16+/m0/s1. The largest absolute Gasteiger partial charge is 0.462 e. The average molecular weight is 451 g/mol. The lowest BCUT2D eigenvalue weighted by Gasteiger charge is -2.28. The summed E-state index contributed by atoms with van der Waals surface area (Å²) in [5.74, 6) is -0.572. The van der Waals surface area contributed by atoms with E-state index in [-0.39, 0.29) is 12.7 Å². The van der Waals surface area contributed by atoms with E-state index in [0.29, 0.717) is 0 Å². The lowest BCUT2D eigenvalue weighted by atomic mass is 9.96. The van der Waals surface area contributed by atoms with E-state index in [1.807, 2.05) is 0 Å². The maximum absolute atomic E-state index is 12.1. The smallest absolute Gasteiger partial charge is 0.329 e. The van der Waals surface area contributed by atoms with Crippen molar-refractivity contribution < 1.29 is 28.8 Å². The molecule has 6 atom stereocenters. The van der Waals surface area contributed by atoms with Crippen LogP contribution in [0.4, 0.5) is 0 Å². The summed E-state index contributed by atoms with van der Waals surface area (Å²) in [6.45, 7) is 6.03. The van der Waals surface area contributed by atoms with Crippen LogP contribution in [-0.2, 0) is 18.6 Å². The Bertz CT molecular complexity index is 870. The SMILES string of the molecule is CC(C)OC(=O)[C@H](C)N[PH](=O)OC[C@H]1S[C@@H](n2ccc(=O)[nH]c2=O)[C@](C)(O)[C@@H]1O. The van der Waals surface area contributed by atoms with Gasteiger partial charge in [-0.1, -0.05) is 0 Å². The van der Waals surface area contributed by atoms with E-state index in [9.17, 15) is 29.2 Å². The average Bonchev–Trinajstić information content (AvgIpc) is 2.82. The van der Waals surface area contributed by atoms with Gasteiger partial charge in [-0.25, -0.2) is 9.88 Å². The van der Waals surface area contributed by atoms with Crippen LogP contribution in [-0.4, -0.2) is 61.4 Å². The first kappa shape index (κ1) is 23.8. The first-order valence-electron chi connectivity index (χ1n) is 8.94. The van der Waals surface area contributed by atoms with E-state index in [4.69, 9.17) is 9.26 Å². The van der Waals surface area contributed by atoms with Crippen LogP contribution in [0.5, 0.6) is 0 Å². The molecule has 0 saturated carbocycles. The molecule has 1 fully saturated rings. The number of esters is 1. The van der Waals surface area contributed by atoms with Crippen molar-refractivity contribution in [3.05, 3.63) is 33.1 Å². The minimum Gasteiger partial charge on any atom is -0.462 e. The minimum absolute atomic E-state index is 0.201. The Morgan fingerprint density at radius 2 is 2.10 bits per heavy atom. The Labute approximate surface area is 171 Å². The summed E-state index contributed by atoms with van der Waals surface area (Å²) in [6, 6.07) is 0.287. The summed E-state index contributed by atoms with van der Waals surface area (Å²) in [5.41, 5.74) is -3.01. The number of hydrogen-bond acceptors (Lipinski definition) is 9. The highest BCUT2D eigenvalue weighted by Crippen LogP contribution is 2.48. The maximum atomic E-state index is 12.1. The van der Waals surface area contributed by atoms with Gasteiger partial charge in [0, 0.05) is 12.3 Å². The van der Waals surface area contributed by atoms with Gasteiger partial charge in [0.15, 0.2) is 0 Å². The van der Waals surface area contributed by atoms with Gasteiger partial charge >= 0.3 is 11.7 Å². The molecular formula is C16H26N3O8PS. The summed E-state index contributed by atoms with van der Waals surface area (Å²) in [6.07, 6.45) is -0.375. The highest BCUT2D eigenvalue weighted by Gasteiger charge is 2.52. The number of rotatable bonds is 8. The molecule has 0 spiro atoms. The maximum Gasteiger partial charge on any atom is 0.329 e. The Kier molecular flexibility index (Phi) is 7.88. The van der Waals surface area contributed by atoms with Crippen molar-refractivity contribution in [1.29, 1.82) is 0 Å². The number of carbonyl (C=O) groups excluding carboxylic acids is 1. The van der Waals surface area contributed by atoms with Gasteiger partial charge in [-0.2, -0.15) is 0 Å². The molecule has 0 amide bonds. The van der Waals surface area contributed by atoms with Crippen LogP contribution in [0.1, 0.15) is 33.1 Å². The van der Waals surface area contributed by atoms with Crippen molar-refractivity contribution in [1.82, 2.24) is 14.6 Å². The van der Waals surface area contributed by atoms with Gasteiger partial charge in [0.2, 0.25) is 0 Å². The number of nitrogens with one attached hydrogen (secondary N) is 2. The number of carbonyl (C=O) groups is 1. The van der Waals surface area contributed by atoms with E-state index in [1.165, 1.54) is 20.0 Å². The first-order chi connectivity index (χ1) is 13.4. The number of ether oxygens (including phenoxy) is 1. The predicted molar refractivity (Wildman–Crippen MR) is 107 cm³/mol. The fourth-order valence-electron chi connectivity index (χ4n) is 2.76. The quantitative estimate of drug-likeness (QED) is 0.302. The molecule has 164 valence electrons. The Morgan fingerprint density at radius 3 is 2.69 bits per heavy atom. The second-order valence-electron chi connectivity index (χ2n) is 7.17. The number of nitrogens with zero attached hydrogens (tertiary/aromatic N) is 1. The number of thioether (sulfide) groups is 1. The Hall–Kier alpha value is -1.43. The van der Waals surface area contributed by atoms with E-state index >= 15 is 0 Å². The lowest BCUT2D eigenvalue weighted by Crippen LogP contribution is -2.46. The van der Waals surface area contributed by atoms with Crippen LogP contribution < -0.4 is 16.3 Å². The number of aromatic nitrogens is 2. The summed E-state index contributed by atoms with van der Waals surface area (Å²) in [7, 11) is -2.83. The van der Waals surface area contributed by atoms with Crippen LogP contribution in [0.2, 0.25) is 0 Å². The Morgan fingerprint density at radius 1 is 1.45 bits per heavy atom. The van der Waals surface area contributed by atoms with Gasteiger partial charge in [0.1, 0.15) is 17.0 Å². The Balaban J connectivity index is 2.00. The molecule has 11 nitrogen and oxygen atoms in total. The molecule has 0 radical (unpaired) electrons. The second kappa shape index (κ2) is 9.59. The number of aliphatic hydroxyl groups excluding tert-OH is 1. The monoisotopic (exact) mass is 451 g/mol. The zero-order valence-corrected chi connectivity index (χ0v) is 18.3. The van der Waals surface area contributed by atoms with Gasteiger partial charge in [0.05, 0.1) is 24.1 Å². The molecule has 1 aliphatic rings. The molecular weight excluding hydrogens is 425 g/mol. The molecule has 0 bridgehead atoms. The van der Waals surface area contributed by atoms with Crippen LogP contribution in [0.3, 0.4) is 0 Å². The van der Waals surface area contributed by atoms with Crippen LogP contribution >= 0.6 is 19.9 Å². The van der Waals surface area contributed by atoms with E-state index in [1.54, 1.807) is 13.8 Å². The molecule has 2 heterocycles. The van der Waals surface area contributed by atoms with Crippen molar-refractivity contribution in [2.24, 2.45) is 0 Å². The molecule has 1 aliphatic heterocycles. The summed E-state index contributed by atoms with van der Waals surface area (Å²) >= 11 is 1.05. The molecule has 0 aromatic carbocycles. The minimum atomic E-state index is -2.83. The first-order valence-corrected chi connectivity index (χ1v) is 11.2. The zero-order chi connectivity index (χ0) is 21.9. The highest BCUT2D eigenvalue weighted by atomic mass is 32.2. The zero-order valence-electron chi connectivity index (χ0n) is 16.4. The summed E-state index contributed by atoms with van der Waals surface area (Å²) < 4.78 is 23.5. The van der Waals surface area contributed by atoms with Gasteiger partial charge in [-0.15, -0.1) is 11.8 Å². The number of H-pyrrole nitrogens is 1. The normalized spacial score (nSPS) is 29.0. The summed E-state index contributed by atoms with van der Waals surface area (Å²) in [5, 5.41) is 22.0. The number of aliphatic hydroxyl groups is 2. The van der Waals surface area contributed by atoms with Crippen molar-refractivity contribution in [3.63, 3.8) is 0 Å². The van der Waals surface area contributed by atoms with Crippen LogP contribution in [0, 0.1) is 0 Å². The molecule has 1 aromatic heterocycles. The van der Waals surface area contributed by atoms with Crippen LogP contribution in [0.15, 0.2) is 21.9 Å². The van der Waals surface area contributed by atoms with Crippen molar-refractivity contribution in [3.8, 4) is 0 Å². The number of hydrogen-bond donors (Lipinski definition) is 4. The van der Waals surface area contributed by atoms with Crippen LogP contribution in [0.25, 0.3) is 0 Å². The van der Waals surface area contributed by atoms with Crippen molar-refractivity contribution in [2.45, 2.75) is 62.2 Å². The molecule has 2 rings (SSSR count). The topological polar surface area (TPSA) is 160 Å². The van der Waals surface area contributed by atoms with E-state index in [2.05, 4.69) is 10.1 Å². The van der Waals surface area contributed by atoms with E-state index in [0.717, 1.165) is 22.4 Å². The third-order valence-corrected chi connectivity index (χ3v) is 7.08. The molecule has 4 N–H and O–H groups in total. The fraction of sp³-hybridized carbons (Fsp3) is 0.688. The second-order valence-corrected chi connectivity index (χ2v) is 9.64. The van der Waals surface area contributed by atoms with Gasteiger partial charge < -0.3 is 19.5 Å². The van der Waals surface area contributed by atoms with Gasteiger partial charge in [-0.3, -0.25) is 23.7 Å². The third-order valence-electron chi connectivity index (χ3n) is 4.28. The molecule has 1 unspecified atom stereocenters. The van der Waals surface area contributed by atoms with E-state index < -0.39 is 53.8 Å². The van der Waals surface area contributed by atoms with Crippen molar-refractivity contribution >= 4 is 25.9 Å². The van der Waals surface area contributed by atoms with Crippen molar-refractivity contribution in [2.75, 3.05) is 6.61 Å². The fourth-order valence-corrected chi connectivity index (χ4v) is 5.38. The summed E-state index contributed by atoms with van der Waals surface area (Å²) in [4.78, 5) is 37.1. The number of aromatic amines is 1. The molecule has 13 heteroatoms. The molecule has 1 aromatic rings. The third kappa shape index (κ3) is 5.80. The predicted octanol–water partition coefficient (Wildman–Crippen LogP) is -0.401. The van der Waals surface area contributed by atoms with Gasteiger partial charge in [0.25, 0.3) is 13.7 Å². The van der Waals surface area contributed by atoms with Gasteiger partial charge in [-0.05, 0) is 27.7 Å². The molecule has 0 aliphatic carbocycles. The molecule has 29 heavy (non-hydrogen) atoms. The molecule has 1 saturated heterocycles. The highest BCUT2D eigenvalue weighted by molar-refractivity contribution is 8.00.